The molecule has 4 heteroatoms. The highest BCUT2D eigenvalue weighted by Gasteiger charge is 2.17. The molecule has 0 spiro atoms. The number of hydrogen-bond acceptors (Lipinski definition) is 3. The molecule has 1 unspecified atom stereocenters. The maximum atomic E-state index is 9.85. The van der Waals surface area contributed by atoms with Crippen molar-refractivity contribution in [3.8, 4) is 0 Å². The van der Waals surface area contributed by atoms with Crippen LogP contribution in [0.25, 0.3) is 0 Å². The van der Waals surface area contributed by atoms with Gasteiger partial charge in [-0.2, -0.15) is 0 Å². The molecule has 2 radical (unpaired) electrons. The van der Waals surface area contributed by atoms with E-state index in [4.69, 9.17) is 0 Å². The third-order valence-electron chi connectivity index (χ3n) is 0.820. The molecule has 0 aromatic heterocycles. The smallest absolute Gasteiger partial charge is 0.262 e. The summed E-state index contributed by atoms with van der Waals surface area (Å²) in [5.74, 6) is 0. The van der Waals surface area contributed by atoms with E-state index in [1.54, 1.807) is 0 Å². The van der Waals surface area contributed by atoms with Crippen molar-refractivity contribution in [3.05, 3.63) is 28.8 Å². The molecule has 0 saturated carbocycles. The lowest BCUT2D eigenvalue weighted by atomic mass is 10.5. The highest BCUT2D eigenvalue weighted by Crippen LogP contribution is 1.96. The first-order valence-electron chi connectivity index (χ1n) is 2.12. The molecule has 0 fully saturated rings. The van der Waals surface area contributed by atoms with Gasteiger partial charge in [-0.25, -0.2) is 5.32 Å². The van der Waals surface area contributed by atoms with Crippen LogP contribution >= 0.6 is 0 Å². The summed E-state index contributed by atoms with van der Waals surface area (Å²) >= 11 is 0. The summed E-state index contributed by atoms with van der Waals surface area (Å²) in [6.45, 7) is 2.48. The second kappa shape index (κ2) is 1.92. The Morgan fingerprint density at radius 1 is 1.88 bits per heavy atom. The van der Waals surface area contributed by atoms with Gasteiger partial charge in [-0.15, -0.1) is 0 Å². The van der Waals surface area contributed by atoms with E-state index in [9.17, 15) is 10.1 Å². The number of hydrogen-bond donors (Lipinski definition) is 1. The number of rotatable bonds is 1. The van der Waals surface area contributed by atoms with Crippen LogP contribution in [0, 0.1) is 16.7 Å². The maximum absolute atomic E-state index is 9.85. The summed E-state index contributed by atoms with van der Waals surface area (Å²) in [6, 6.07) is 0. The third-order valence-corrected chi connectivity index (χ3v) is 0.820. The monoisotopic (exact) mass is 112 g/mol. The summed E-state index contributed by atoms with van der Waals surface area (Å²) in [7, 11) is 0. The molecule has 1 N–H and O–H groups in total. The first-order valence-corrected chi connectivity index (χ1v) is 2.12. The Balaban J connectivity index is 2.48. The molecule has 1 atom stereocenters. The molecule has 1 aliphatic heterocycles. The van der Waals surface area contributed by atoms with Crippen molar-refractivity contribution in [2.75, 3.05) is 0 Å². The lowest BCUT2D eigenvalue weighted by Crippen LogP contribution is -2.27. The lowest BCUT2D eigenvalue weighted by molar-refractivity contribution is -0.513. The summed E-state index contributed by atoms with van der Waals surface area (Å²) in [5, 5.41) is 12.2. The van der Waals surface area contributed by atoms with Crippen LogP contribution in [0.15, 0.2) is 12.2 Å². The van der Waals surface area contributed by atoms with E-state index in [-0.39, 0.29) is 0 Å². The Morgan fingerprint density at radius 2 is 2.62 bits per heavy atom. The lowest BCUT2D eigenvalue weighted by Gasteiger charge is -1.95. The number of nitrogens with zero attached hydrogens (tertiary/aromatic N) is 1. The van der Waals surface area contributed by atoms with Crippen molar-refractivity contribution in [1.29, 1.82) is 0 Å². The van der Waals surface area contributed by atoms with Crippen LogP contribution < -0.4 is 5.32 Å². The molecular formula is C4H4N2O2. The topological polar surface area (TPSA) is 55.2 Å². The second-order valence-corrected chi connectivity index (χ2v) is 1.38. The van der Waals surface area contributed by atoms with E-state index in [1.165, 1.54) is 12.2 Å². The molecule has 0 amide bonds. The fourth-order valence-electron chi connectivity index (χ4n) is 0.444. The van der Waals surface area contributed by atoms with Gasteiger partial charge < -0.3 is 0 Å². The van der Waals surface area contributed by atoms with Crippen molar-refractivity contribution in [2.45, 2.75) is 6.17 Å². The van der Waals surface area contributed by atoms with Gasteiger partial charge in [0, 0.05) is 11.0 Å². The molecule has 8 heavy (non-hydrogen) atoms. The molecule has 0 aliphatic carbocycles. The normalized spacial score (nSPS) is 26.2. The van der Waals surface area contributed by atoms with Crippen LogP contribution in [0.3, 0.4) is 0 Å². The van der Waals surface area contributed by atoms with Gasteiger partial charge in [-0.1, -0.05) is 6.08 Å². The van der Waals surface area contributed by atoms with Crippen molar-refractivity contribution < 1.29 is 4.92 Å². The Labute approximate surface area is 46.3 Å². The van der Waals surface area contributed by atoms with Crippen LogP contribution in [0.1, 0.15) is 0 Å². The summed E-state index contributed by atoms with van der Waals surface area (Å²) < 4.78 is 0. The Bertz CT molecular complexity index is 132. The van der Waals surface area contributed by atoms with Crippen molar-refractivity contribution in [3.63, 3.8) is 0 Å². The number of nitrogens with one attached hydrogen (secondary N) is 1. The minimum absolute atomic E-state index is 0.420. The van der Waals surface area contributed by atoms with E-state index in [0.717, 1.165) is 0 Å². The number of nitro groups is 1. The van der Waals surface area contributed by atoms with E-state index in [0.29, 0.717) is 0 Å². The Morgan fingerprint density at radius 3 is 2.88 bits per heavy atom. The zero-order chi connectivity index (χ0) is 5.98. The van der Waals surface area contributed by atoms with Gasteiger partial charge in [0.05, 0.1) is 6.54 Å². The fraction of sp³-hybridized carbons (Fsp3) is 0.250. The second-order valence-electron chi connectivity index (χ2n) is 1.38. The van der Waals surface area contributed by atoms with Crippen molar-refractivity contribution >= 4 is 0 Å². The summed E-state index contributed by atoms with van der Waals surface area (Å²) in [4.78, 5) is 9.43. The van der Waals surface area contributed by atoms with E-state index >= 15 is 0 Å². The largest absolute Gasteiger partial charge is 0.285 e. The van der Waals surface area contributed by atoms with Gasteiger partial charge in [0.1, 0.15) is 0 Å². The van der Waals surface area contributed by atoms with Crippen LogP contribution in [0.4, 0.5) is 0 Å². The molecular weight excluding hydrogens is 108 g/mol. The van der Waals surface area contributed by atoms with Gasteiger partial charge >= 0.3 is 0 Å². The van der Waals surface area contributed by atoms with E-state index < -0.39 is 11.1 Å². The highest BCUT2D eigenvalue weighted by atomic mass is 16.6. The molecule has 0 saturated heterocycles. The molecule has 1 rings (SSSR count). The van der Waals surface area contributed by atoms with Gasteiger partial charge in [-0.05, 0) is 0 Å². The van der Waals surface area contributed by atoms with Crippen LogP contribution in [0.2, 0.25) is 0 Å². The van der Waals surface area contributed by atoms with E-state index in [2.05, 4.69) is 11.9 Å². The molecule has 1 aliphatic rings. The average molecular weight is 112 g/mol. The Kier molecular flexibility index (Phi) is 1.26. The van der Waals surface area contributed by atoms with E-state index in [1.807, 2.05) is 0 Å². The van der Waals surface area contributed by atoms with Crippen molar-refractivity contribution in [2.24, 2.45) is 0 Å². The minimum Gasteiger partial charge on any atom is -0.262 e. The van der Waals surface area contributed by atoms with Crippen LogP contribution in [-0.4, -0.2) is 11.1 Å². The standard InChI is InChI=1S/C4H4N2O2/c7-6(8)4-2-1-3-5-4/h1-2,4-5H. The van der Waals surface area contributed by atoms with Gasteiger partial charge in [0.25, 0.3) is 6.17 Å². The average Bonchev–Trinajstić information content (AvgIpc) is 2.12. The fourth-order valence-corrected chi connectivity index (χ4v) is 0.444. The molecule has 4 nitrogen and oxygen atoms in total. The summed E-state index contributed by atoms with van der Waals surface area (Å²) in [6.07, 6.45) is 2.17. The first kappa shape index (κ1) is 5.24. The quantitative estimate of drug-likeness (QED) is 0.377. The predicted molar refractivity (Wildman–Crippen MR) is 26.3 cm³/mol. The molecule has 1 heterocycles. The SMILES string of the molecule is O=[N+]([O-])C1C=C[C]N1. The van der Waals surface area contributed by atoms with Crippen molar-refractivity contribution in [1.82, 2.24) is 5.32 Å². The minimum atomic E-state index is -0.755. The maximum Gasteiger partial charge on any atom is 0.285 e. The third kappa shape index (κ3) is 0.840. The predicted octanol–water partition coefficient (Wildman–Crippen LogP) is -0.213. The highest BCUT2D eigenvalue weighted by molar-refractivity contribution is 5.04. The summed E-state index contributed by atoms with van der Waals surface area (Å²) in [5.41, 5.74) is 0. The Hall–Kier alpha value is -0.900. The molecule has 0 aromatic rings. The van der Waals surface area contributed by atoms with Gasteiger partial charge in [-0.3, -0.25) is 10.1 Å². The van der Waals surface area contributed by atoms with Crippen LogP contribution in [-0.2, 0) is 0 Å². The molecule has 42 valence electrons. The first-order chi connectivity index (χ1) is 3.80. The van der Waals surface area contributed by atoms with Crippen LogP contribution in [0.5, 0.6) is 0 Å². The van der Waals surface area contributed by atoms with Gasteiger partial charge in [0.15, 0.2) is 0 Å². The molecule has 0 aromatic carbocycles. The molecule has 0 bridgehead atoms. The zero-order valence-corrected chi connectivity index (χ0v) is 4.00. The zero-order valence-electron chi connectivity index (χ0n) is 4.00. The van der Waals surface area contributed by atoms with Gasteiger partial charge in [0.2, 0.25) is 0 Å².